The van der Waals surface area contributed by atoms with Crippen LogP contribution in [0.3, 0.4) is 0 Å². The number of Topliss-reactive ketones (excluding diaryl/α,β-unsaturated/α-hetero) is 1. The first-order valence-electron chi connectivity index (χ1n) is 7.82. The first kappa shape index (κ1) is 15.1. The quantitative estimate of drug-likeness (QED) is 0.407. The Morgan fingerprint density at radius 1 is 1.17 bits per heavy atom. The Hall–Kier alpha value is -2.47. The van der Waals surface area contributed by atoms with Crippen molar-refractivity contribution in [1.29, 1.82) is 0 Å². The third-order valence-electron chi connectivity index (χ3n) is 3.98. The second kappa shape index (κ2) is 6.20. The zero-order valence-electron chi connectivity index (χ0n) is 12.9. The van der Waals surface area contributed by atoms with Gasteiger partial charge in [0.1, 0.15) is 0 Å². The van der Waals surface area contributed by atoms with Crippen LogP contribution in [0.15, 0.2) is 58.6 Å². The van der Waals surface area contributed by atoms with Crippen LogP contribution in [0.1, 0.15) is 29.2 Å². The van der Waals surface area contributed by atoms with Crippen LogP contribution >= 0.6 is 11.8 Å². The van der Waals surface area contributed by atoms with E-state index >= 15 is 0 Å². The van der Waals surface area contributed by atoms with Crippen molar-refractivity contribution in [3.05, 3.63) is 64.6 Å². The maximum Gasteiger partial charge on any atom is 0.263 e. The Balaban J connectivity index is 1.67. The predicted molar refractivity (Wildman–Crippen MR) is 93.6 cm³/mol. The van der Waals surface area contributed by atoms with E-state index < -0.39 is 0 Å². The summed E-state index contributed by atoms with van der Waals surface area (Å²) in [7, 11) is 0. The fraction of sp³-hybridized carbons (Fsp3) is 0.222. The Bertz CT molecular complexity index is 965. The van der Waals surface area contributed by atoms with E-state index in [1.807, 2.05) is 18.2 Å². The SMILES string of the molecule is O=C(CSc1nc2ncccc2c(=O)n1C1CC1)c1ccccc1. The molecule has 6 heteroatoms. The molecule has 2 aromatic heterocycles. The topological polar surface area (TPSA) is 64.8 Å². The Morgan fingerprint density at radius 3 is 2.71 bits per heavy atom. The number of carbonyl (C=O) groups is 1. The van der Waals surface area contributed by atoms with Crippen molar-refractivity contribution in [2.24, 2.45) is 0 Å². The van der Waals surface area contributed by atoms with Gasteiger partial charge >= 0.3 is 0 Å². The zero-order chi connectivity index (χ0) is 16.5. The highest BCUT2D eigenvalue weighted by atomic mass is 32.2. The number of nitrogens with zero attached hydrogens (tertiary/aromatic N) is 3. The van der Waals surface area contributed by atoms with E-state index in [0.29, 0.717) is 21.8 Å². The van der Waals surface area contributed by atoms with E-state index in [0.717, 1.165) is 12.8 Å². The van der Waals surface area contributed by atoms with Crippen molar-refractivity contribution >= 4 is 28.6 Å². The highest BCUT2D eigenvalue weighted by molar-refractivity contribution is 7.99. The summed E-state index contributed by atoms with van der Waals surface area (Å²) in [6.45, 7) is 0. The Labute approximate surface area is 142 Å². The molecule has 0 aliphatic heterocycles. The van der Waals surface area contributed by atoms with E-state index in [-0.39, 0.29) is 23.1 Å². The maximum atomic E-state index is 12.7. The molecule has 5 nitrogen and oxygen atoms in total. The smallest absolute Gasteiger partial charge is 0.263 e. The third kappa shape index (κ3) is 2.85. The first-order chi connectivity index (χ1) is 11.7. The molecule has 0 N–H and O–H groups in total. The lowest BCUT2D eigenvalue weighted by molar-refractivity contribution is 0.102. The number of hydrogen-bond acceptors (Lipinski definition) is 5. The summed E-state index contributed by atoms with van der Waals surface area (Å²) < 4.78 is 1.73. The van der Waals surface area contributed by atoms with Gasteiger partial charge in [0.05, 0.1) is 11.1 Å². The van der Waals surface area contributed by atoms with Gasteiger partial charge in [0.15, 0.2) is 16.6 Å². The lowest BCUT2D eigenvalue weighted by atomic mass is 10.2. The molecule has 1 aliphatic rings. The number of thioether (sulfide) groups is 1. The predicted octanol–water partition coefficient (Wildman–Crippen LogP) is 3.10. The molecule has 1 saturated carbocycles. The number of benzene rings is 1. The van der Waals surface area contributed by atoms with Crippen molar-refractivity contribution < 1.29 is 4.79 Å². The lowest BCUT2D eigenvalue weighted by Crippen LogP contribution is -2.23. The molecule has 0 bridgehead atoms. The molecule has 1 aliphatic carbocycles. The molecule has 0 spiro atoms. The number of ketones is 1. The van der Waals surface area contributed by atoms with E-state index in [1.54, 1.807) is 35.0 Å². The van der Waals surface area contributed by atoms with Crippen LogP contribution < -0.4 is 5.56 Å². The van der Waals surface area contributed by atoms with Crippen molar-refractivity contribution in [1.82, 2.24) is 14.5 Å². The fourth-order valence-corrected chi connectivity index (χ4v) is 3.56. The minimum Gasteiger partial charge on any atom is -0.293 e. The van der Waals surface area contributed by atoms with Crippen molar-refractivity contribution in [3.63, 3.8) is 0 Å². The highest BCUT2D eigenvalue weighted by Crippen LogP contribution is 2.36. The van der Waals surface area contributed by atoms with Gasteiger partial charge in [-0.05, 0) is 25.0 Å². The summed E-state index contributed by atoms with van der Waals surface area (Å²) in [6.07, 6.45) is 3.58. The second-order valence-corrected chi connectivity index (χ2v) is 6.70. The number of fused-ring (bicyclic) bond motifs is 1. The average molecular weight is 337 g/mol. The molecule has 0 amide bonds. The summed E-state index contributed by atoms with van der Waals surface area (Å²) >= 11 is 1.31. The minimum atomic E-state index is -0.0646. The molecular formula is C18H15N3O2S. The van der Waals surface area contributed by atoms with E-state index in [1.165, 1.54) is 11.8 Å². The molecule has 120 valence electrons. The molecule has 2 heterocycles. The zero-order valence-corrected chi connectivity index (χ0v) is 13.7. The van der Waals surface area contributed by atoms with Crippen LogP contribution in [-0.2, 0) is 0 Å². The molecule has 1 aromatic carbocycles. The molecule has 24 heavy (non-hydrogen) atoms. The molecule has 4 rings (SSSR count). The van der Waals surface area contributed by atoms with Gasteiger partial charge in [0, 0.05) is 17.8 Å². The van der Waals surface area contributed by atoms with E-state index in [2.05, 4.69) is 9.97 Å². The molecule has 0 radical (unpaired) electrons. The number of aromatic nitrogens is 3. The second-order valence-electron chi connectivity index (χ2n) is 5.75. The standard InChI is InChI=1S/C18H15N3O2S/c22-15(12-5-2-1-3-6-12)11-24-18-20-16-14(7-4-10-19-16)17(23)21(18)13-8-9-13/h1-7,10,13H,8-9,11H2. The fourth-order valence-electron chi connectivity index (χ4n) is 2.61. The summed E-state index contributed by atoms with van der Waals surface area (Å²) in [5.41, 5.74) is 1.04. The van der Waals surface area contributed by atoms with E-state index in [9.17, 15) is 9.59 Å². The number of hydrogen-bond donors (Lipinski definition) is 0. The Morgan fingerprint density at radius 2 is 1.96 bits per heavy atom. The summed E-state index contributed by atoms with van der Waals surface area (Å²) in [6, 6.07) is 12.9. The van der Waals surface area contributed by atoms with Crippen molar-refractivity contribution in [2.75, 3.05) is 5.75 Å². The van der Waals surface area contributed by atoms with Crippen molar-refractivity contribution in [3.8, 4) is 0 Å². The van der Waals surface area contributed by atoms with Crippen LogP contribution in [0.4, 0.5) is 0 Å². The lowest BCUT2D eigenvalue weighted by Gasteiger charge is -2.11. The van der Waals surface area contributed by atoms with Crippen molar-refractivity contribution in [2.45, 2.75) is 24.0 Å². The summed E-state index contributed by atoms with van der Waals surface area (Å²) in [4.78, 5) is 33.8. The largest absolute Gasteiger partial charge is 0.293 e. The van der Waals surface area contributed by atoms with Gasteiger partial charge in [-0.2, -0.15) is 0 Å². The number of carbonyl (C=O) groups excluding carboxylic acids is 1. The molecule has 0 atom stereocenters. The molecular weight excluding hydrogens is 322 g/mol. The third-order valence-corrected chi connectivity index (χ3v) is 4.94. The first-order valence-corrected chi connectivity index (χ1v) is 8.81. The molecule has 0 saturated heterocycles. The van der Waals surface area contributed by atoms with Crippen LogP contribution in [0.5, 0.6) is 0 Å². The van der Waals surface area contributed by atoms with E-state index in [4.69, 9.17) is 0 Å². The Kier molecular flexibility index (Phi) is 3.90. The minimum absolute atomic E-state index is 0.0262. The average Bonchev–Trinajstić information content (AvgIpc) is 3.45. The summed E-state index contributed by atoms with van der Waals surface area (Å²) in [5.74, 6) is 0.278. The van der Waals surface area contributed by atoms with Gasteiger partial charge in [0.25, 0.3) is 5.56 Å². The van der Waals surface area contributed by atoms with Gasteiger partial charge < -0.3 is 0 Å². The van der Waals surface area contributed by atoms with Gasteiger partial charge in [-0.1, -0.05) is 42.1 Å². The molecule has 1 fully saturated rings. The van der Waals surface area contributed by atoms with Crippen LogP contribution in [0.25, 0.3) is 11.0 Å². The molecule has 3 aromatic rings. The summed E-state index contributed by atoms with van der Waals surface area (Å²) in [5, 5.41) is 1.11. The van der Waals surface area contributed by atoms with Gasteiger partial charge in [-0.3, -0.25) is 14.2 Å². The monoisotopic (exact) mass is 337 g/mol. The van der Waals surface area contributed by atoms with Gasteiger partial charge in [0.2, 0.25) is 0 Å². The van der Waals surface area contributed by atoms with Gasteiger partial charge in [-0.15, -0.1) is 0 Å². The van der Waals surface area contributed by atoms with Gasteiger partial charge in [-0.25, -0.2) is 9.97 Å². The molecule has 0 unspecified atom stereocenters. The van der Waals surface area contributed by atoms with Crippen LogP contribution in [-0.4, -0.2) is 26.1 Å². The van der Waals surface area contributed by atoms with Crippen LogP contribution in [0.2, 0.25) is 0 Å². The highest BCUT2D eigenvalue weighted by Gasteiger charge is 2.29. The number of rotatable bonds is 5. The van der Waals surface area contributed by atoms with Crippen LogP contribution in [0, 0.1) is 0 Å². The normalized spacial score (nSPS) is 14.0. The number of pyridine rings is 1. The maximum absolute atomic E-state index is 12.7.